The molecule has 2 aromatic heterocycles. The van der Waals surface area contributed by atoms with Gasteiger partial charge in [-0.2, -0.15) is 0 Å². The second-order valence-electron chi connectivity index (χ2n) is 10.0. The van der Waals surface area contributed by atoms with Gasteiger partial charge in [0.1, 0.15) is 11.6 Å². The quantitative estimate of drug-likeness (QED) is 0.198. The van der Waals surface area contributed by atoms with Crippen LogP contribution >= 0.6 is 0 Å². The first-order chi connectivity index (χ1) is 18.9. The molecule has 6 aromatic rings. The maximum absolute atomic E-state index is 13.5. The Balaban J connectivity index is 1.47. The fourth-order valence-corrected chi connectivity index (χ4v) is 5.61. The molecule has 6 nitrogen and oxygen atoms in total. The van der Waals surface area contributed by atoms with Gasteiger partial charge < -0.3 is 4.57 Å². The summed E-state index contributed by atoms with van der Waals surface area (Å²) in [6, 6.07) is 27.5. The van der Waals surface area contributed by atoms with E-state index in [1.165, 1.54) is 0 Å². The zero-order chi connectivity index (χ0) is 26.8. The topological polar surface area (TPSA) is 69.8 Å². The van der Waals surface area contributed by atoms with E-state index in [4.69, 9.17) is 9.97 Å². The van der Waals surface area contributed by atoms with Crippen molar-refractivity contribution in [3.8, 4) is 17.1 Å². The summed E-state index contributed by atoms with van der Waals surface area (Å²) in [6.07, 6.45) is 1.63. The van der Waals surface area contributed by atoms with Crippen molar-refractivity contribution in [2.24, 2.45) is 7.05 Å². The highest BCUT2D eigenvalue weighted by Crippen LogP contribution is 2.34. The molecule has 0 radical (unpaired) electrons. The van der Waals surface area contributed by atoms with Gasteiger partial charge in [-0.25, -0.2) is 9.97 Å². The number of Topliss-reactive ketones (excluding diaryl/α,β-unsaturated/α-hetero) is 2. The summed E-state index contributed by atoms with van der Waals surface area (Å²) in [7, 11) is 1.93. The van der Waals surface area contributed by atoms with Crippen LogP contribution in [-0.4, -0.2) is 30.7 Å². The van der Waals surface area contributed by atoms with E-state index in [9.17, 15) is 9.59 Å². The highest BCUT2D eigenvalue weighted by Gasteiger charge is 2.34. The SMILES string of the molecule is Cc1cccc(C)c1-n1c(C=C2C(=O)c3cc4ccccc4cc3C2=O)nc2c1nc(-c1ccccc1)n2C. The molecular weight excluding hydrogens is 484 g/mol. The number of imidazole rings is 2. The summed E-state index contributed by atoms with van der Waals surface area (Å²) in [4.78, 5) is 37.1. The second-order valence-corrected chi connectivity index (χ2v) is 10.0. The first kappa shape index (κ1) is 23.0. The monoisotopic (exact) mass is 508 g/mol. The third-order valence-electron chi connectivity index (χ3n) is 7.54. The fourth-order valence-electron chi connectivity index (χ4n) is 5.61. The van der Waals surface area contributed by atoms with Crippen LogP contribution in [0.5, 0.6) is 0 Å². The lowest BCUT2D eigenvalue weighted by Gasteiger charge is -2.13. The maximum atomic E-state index is 13.5. The number of benzene rings is 4. The number of allylic oxidation sites excluding steroid dienone is 1. The lowest BCUT2D eigenvalue weighted by Crippen LogP contribution is -2.06. The molecule has 2 heterocycles. The number of aryl methyl sites for hydroxylation is 3. The summed E-state index contributed by atoms with van der Waals surface area (Å²) in [6.45, 7) is 4.08. The first-order valence-electron chi connectivity index (χ1n) is 12.8. The molecule has 1 aliphatic rings. The Morgan fingerprint density at radius 2 is 1.28 bits per heavy atom. The molecule has 0 atom stereocenters. The average molecular weight is 509 g/mol. The molecule has 39 heavy (non-hydrogen) atoms. The second kappa shape index (κ2) is 8.46. The summed E-state index contributed by atoms with van der Waals surface area (Å²) < 4.78 is 3.93. The molecule has 4 aromatic carbocycles. The van der Waals surface area contributed by atoms with Crippen molar-refractivity contribution >= 4 is 39.7 Å². The zero-order valence-corrected chi connectivity index (χ0v) is 21.8. The van der Waals surface area contributed by atoms with Gasteiger partial charge in [0.15, 0.2) is 22.9 Å². The maximum Gasteiger partial charge on any atom is 0.197 e. The molecule has 0 aliphatic heterocycles. The minimum Gasteiger partial charge on any atom is -0.310 e. The Morgan fingerprint density at radius 3 is 1.90 bits per heavy atom. The van der Waals surface area contributed by atoms with Gasteiger partial charge in [-0.1, -0.05) is 72.8 Å². The van der Waals surface area contributed by atoms with Crippen molar-refractivity contribution in [3.63, 3.8) is 0 Å². The van der Waals surface area contributed by atoms with Crippen LogP contribution in [0, 0.1) is 13.8 Å². The molecule has 188 valence electrons. The fraction of sp³-hybridized carbons (Fsp3) is 0.0909. The first-order valence-corrected chi connectivity index (χ1v) is 12.8. The zero-order valence-electron chi connectivity index (χ0n) is 21.8. The van der Waals surface area contributed by atoms with Gasteiger partial charge in [0, 0.05) is 23.7 Å². The highest BCUT2D eigenvalue weighted by molar-refractivity contribution is 6.42. The largest absolute Gasteiger partial charge is 0.310 e. The van der Waals surface area contributed by atoms with Crippen LogP contribution in [0.3, 0.4) is 0 Å². The van der Waals surface area contributed by atoms with E-state index in [-0.39, 0.29) is 17.1 Å². The molecule has 0 unspecified atom stereocenters. The Bertz CT molecular complexity index is 1950. The number of ketones is 2. The standard InChI is InChI=1S/C33H24N4O2/c1-19-10-9-11-20(2)28(19)37-27(34-32-33(37)35-31(36(32)3)21-12-5-4-6-13-21)18-26-29(38)24-16-22-14-7-8-15-23(22)17-25(24)30(26)39/h4-18H,1-3H3. The number of carbonyl (C=O) groups is 2. The Morgan fingerprint density at radius 1 is 0.692 bits per heavy atom. The van der Waals surface area contributed by atoms with Crippen molar-refractivity contribution in [1.82, 2.24) is 19.1 Å². The molecule has 0 saturated carbocycles. The molecule has 0 bridgehead atoms. The smallest absolute Gasteiger partial charge is 0.197 e. The summed E-state index contributed by atoms with van der Waals surface area (Å²) in [5.74, 6) is 0.728. The van der Waals surface area contributed by atoms with Crippen LogP contribution in [0.2, 0.25) is 0 Å². The summed E-state index contributed by atoms with van der Waals surface area (Å²) in [5, 5.41) is 1.86. The number of hydrogen-bond acceptors (Lipinski definition) is 4. The molecule has 0 N–H and O–H groups in total. The molecule has 0 spiro atoms. The van der Waals surface area contributed by atoms with E-state index in [1.807, 2.05) is 115 Å². The minimum absolute atomic E-state index is 0.117. The Kier molecular flexibility index (Phi) is 5.00. The number of aromatic nitrogens is 4. The number of nitrogens with zero attached hydrogens (tertiary/aromatic N) is 4. The van der Waals surface area contributed by atoms with Crippen LogP contribution in [0.15, 0.2) is 90.5 Å². The van der Waals surface area contributed by atoms with Crippen LogP contribution < -0.4 is 0 Å². The van der Waals surface area contributed by atoms with Gasteiger partial charge in [-0.3, -0.25) is 14.2 Å². The molecule has 0 fully saturated rings. The van der Waals surface area contributed by atoms with E-state index in [0.29, 0.717) is 28.2 Å². The minimum atomic E-state index is -0.279. The summed E-state index contributed by atoms with van der Waals surface area (Å²) >= 11 is 0. The third-order valence-corrected chi connectivity index (χ3v) is 7.54. The van der Waals surface area contributed by atoms with Crippen molar-refractivity contribution in [2.75, 3.05) is 0 Å². The van der Waals surface area contributed by atoms with E-state index < -0.39 is 0 Å². The molecule has 0 saturated heterocycles. The lowest BCUT2D eigenvalue weighted by atomic mass is 10.0. The average Bonchev–Trinajstić information content (AvgIpc) is 3.53. The van der Waals surface area contributed by atoms with Gasteiger partial charge in [0.2, 0.25) is 0 Å². The predicted molar refractivity (Wildman–Crippen MR) is 153 cm³/mol. The van der Waals surface area contributed by atoms with Gasteiger partial charge in [0.05, 0.1) is 11.3 Å². The molecule has 7 rings (SSSR count). The number of para-hydroxylation sites is 1. The number of hydrogen-bond donors (Lipinski definition) is 0. The van der Waals surface area contributed by atoms with Crippen LogP contribution in [0.1, 0.15) is 37.7 Å². The van der Waals surface area contributed by atoms with Crippen molar-refractivity contribution in [2.45, 2.75) is 13.8 Å². The normalized spacial score (nSPS) is 13.1. The van der Waals surface area contributed by atoms with Gasteiger partial charge in [-0.05, 0) is 54.0 Å². The van der Waals surface area contributed by atoms with Gasteiger partial charge in [0.25, 0.3) is 0 Å². The predicted octanol–water partition coefficient (Wildman–Crippen LogP) is 6.66. The van der Waals surface area contributed by atoms with Crippen molar-refractivity contribution in [3.05, 3.63) is 119 Å². The van der Waals surface area contributed by atoms with E-state index >= 15 is 0 Å². The lowest BCUT2D eigenvalue weighted by molar-refractivity contribution is 0.0990. The van der Waals surface area contributed by atoms with E-state index in [0.717, 1.165) is 39.0 Å². The van der Waals surface area contributed by atoms with E-state index in [2.05, 4.69) is 0 Å². The van der Waals surface area contributed by atoms with Crippen LogP contribution in [0.25, 0.3) is 45.2 Å². The Hall–Kier alpha value is -5.10. The van der Waals surface area contributed by atoms with Crippen molar-refractivity contribution in [1.29, 1.82) is 0 Å². The van der Waals surface area contributed by atoms with Gasteiger partial charge >= 0.3 is 0 Å². The van der Waals surface area contributed by atoms with E-state index in [1.54, 1.807) is 6.08 Å². The van der Waals surface area contributed by atoms with Crippen molar-refractivity contribution < 1.29 is 9.59 Å². The number of fused-ring (bicyclic) bond motifs is 3. The Labute approximate surface area is 224 Å². The van der Waals surface area contributed by atoms with Crippen LogP contribution in [-0.2, 0) is 7.05 Å². The third kappa shape index (κ3) is 3.42. The van der Waals surface area contributed by atoms with Gasteiger partial charge in [-0.15, -0.1) is 0 Å². The molecule has 1 aliphatic carbocycles. The number of carbonyl (C=O) groups excluding carboxylic acids is 2. The number of rotatable bonds is 3. The summed E-state index contributed by atoms with van der Waals surface area (Å²) in [5.41, 5.74) is 6.32. The van der Waals surface area contributed by atoms with Crippen LogP contribution in [0.4, 0.5) is 0 Å². The molecule has 6 heteroatoms. The molecular formula is C33H24N4O2. The highest BCUT2D eigenvalue weighted by atomic mass is 16.2. The molecule has 0 amide bonds.